The number of methoxy groups -OCH3 is 1. The van der Waals surface area contributed by atoms with Gasteiger partial charge in [-0.1, -0.05) is 30.3 Å². The molecular weight excluding hydrogens is 325 g/mol. The molecule has 0 saturated heterocycles. The van der Waals surface area contributed by atoms with Crippen LogP contribution in [0.3, 0.4) is 0 Å². The van der Waals surface area contributed by atoms with Gasteiger partial charge in [0.05, 0.1) is 13.5 Å². The summed E-state index contributed by atoms with van der Waals surface area (Å²) in [4.78, 5) is 12.6. The number of hydrogen-bond donors (Lipinski definition) is 1. The SMILES string of the molecule is COc1cccc(CN(C)CCC(=O)O)c1OCc1ccccc1F. The predicted molar refractivity (Wildman–Crippen MR) is 92.3 cm³/mol. The molecule has 0 saturated carbocycles. The highest BCUT2D eigenvalue weighted by Crippen LogP contribution is 2.32. The maximum atomic E-state index is 13.8. The van der Waals surface area contributed by atoms with Crippen LogP contribution < -0.4 is 9.47 Å². The van der Waals surface area contributed by atoms with Crippen molar-refractivity contribution in [1.82, 2.24) is 4.90 Å². The molecule has 134 valence electrons. The molecule has 0 fully saturated rings. The van der Waals surface area contributed by atoms with E-state index in [4.69, 9.17) is 14.6 Å². The van der Waals surface area contributed by atoms with Crippen molar-refractivity contribution in [3.8, 4) is 11.5 Å². The molecule has 0 bridgehead atoms. The molecule has 1 N–H and O–H groups in total. The number of carbonyl (C=O) groups is 1. The van der Waals surface area contributed by atoms with Gasteiger partial charge in [-0.2, -0.15) is 0 Å². The Morgan fingerprint density at radius 3 is 2.56 bits per heavy atom. The lowest BCUT2D eigenvalue weighted by molar-refractivity contribution is -0.137. The van der Waals surface area contributed by atoms with E-state index in [1.807, 2.05) is 24.1 Å². The van der Waals surface area contributed by atoms with Crippen molar-refractivity contribution < 1.29 is 23.8 Å². The number of carboxylic acids is 1. The van der Waals surface area contributed by atoms with Gasteiger partial charge in [0.1, 0.15) is 12.4 Å². The van der Waals surface area contributed by atoms with Gasteiger partial charge in [0.2, 0.25) is 0 Å². The van der Waals surface area contributed by atoms with E-state index < -0.39 is 5.97 Å². The highest BCUT2D eigenvalue weighted by atomic mass is 19.1. The molecule has 0 aliphatic heterocycles. The molecule has 0 spiro atoms. The van der Waals surface area contributed by atoms with E-state index in [-0.39, 0.29) is 18.8 Å². The number of aliphatic carboxylic acids is 1. The molecule has 0 aliphatic carbocycles. The minimum absolute atomic E-state index is 0.0614. The first-order valence-corrected chi connectivity index (χ1v) is 7.93. The Kier molecular flexibility index (Phi) is 6.77. The molecule has 25 heavy (non-hydrogen) atoms. The Hall–Kier alpha value is -2.60. The van der Waals surface area contributed by atoms with Crippen LogP contribution in [0.1, 0.15) is 17.5 Å². The molecule has 0 atom stereocenters. The van der Waals surface area contributed by atoms with E-state index in [9.17, 15) is 9.18 Å². The van der Waals surface area contributed by atoms with Gasteiger partial charge < -0.3 is 19.5 Å². The summed E-state index contributed by atoms with van der Waals surface area (Å²) in [7, 11) is 3.38. The predicted octanol–water partition coefficient (Wildman–Crippen LogP) is 3.32. The minimum atomic E-state index is -0.839. The number of ether oxygens (including phenoxy) is 2. The monoisotopic (exact) mass is 347 g/mol. The largest absolute Gasteiger partial charge is 0.493 e. The number of rotatable bonds is 9. The normalized spacial score (nSPS) is 10.7. The summed E-state index contributed by atoms with van der Waals surface area (Å²) in [5.74, 6) is -0.0676. The third-order valence-electron chi connectivity index (χ3n) is 3.76. The van der Waals surface area contributed by atoms with Crippen molar-refractivity contribution >= 4 is 5.97 Å². The second-order valence-corrected chi connectivity index (χ2v) is 5.71. The summed E-state index contributed by atoms with van der Waals surface area (Å²) in [6, 6.07) is 11.9. The summed E-state index contributed by atoms with van der Waals surface area (Å²) in [5.41, 5.74) is 1.31. The zero-order valence-corrected chi connectivity index (χ0v) is 14.4. The van der Waals surface area contributed by atoms with Crippen molar-refractivity contribution in [2.24, 2.45) is 0 Å². The van der Waals surface area contributed by atoms with E-state index in [0.717, 1.165) is 5.56 Å². The van der Waals surface area contributed by atoms with E-state index in [0.29, 0.717) is 30.2 Å². The van der Waals surface area contributed by atoms with Crippen LogP contribution in [-0.2, 0) is 17.9 Å². The van der Waals surface area contributed by atoms with Gasteiger partial charge in [0, 0.05) is 24.2 Å². The number of halogens is 1. The molecule has 2 aromatic rings. The lowest BCUT2D eigenvalue weighted by Crippen LogP contribution is -2.21. The van der Waals surface area contributed by atoms with Gasteiger partial charge in [-0.3, -0.25) is 4.79 Å². The Morgan fingerprint density at radius 2 is 1.88 bits per heavy atom. The zero-order valence-electron chi connectivity index (χ0n) is 14.4. The summed E-state index contributed by atoms with van der Waals surface area (Å²) < 4.78 is 25.0. The smallest absolute Gasteiger partial charge is 0.304 e. The van der Waals surface area contributed by atoms with Gasteiger partial charge in [-0.25, -0.2) is 4.39 Å². The van der Waals surface area contributed by atoms with Crippen molar-refractivity contribution in [2.45, 2.75) is 19.6 Å². The van der Waals surface area contributed by atoms with Crippen LogP contribution in [0.15, 0.2) is 42.5 Å². The fourth-order valence-corrected chi connectivity index (χ4v) is 2.43. The van der Waals surface area contributed by atoms with Crippen molar-refractivity contribution in [3.05, 3.63) is 59.4 Å². The van der Waals surface area contributed by atoms with E-state index >= 15 is 0 Å². The molecule has 5 nitrogen and oxygen atoms in total. The first-order valence-electron chi connectivity index (χ1n) is 7.93. The number of nitrogens with zero attached hydrogens (tertiary/aromatic N) is 1. The van der Waals surface area contributed by atoms with Gasteiger partial charge in [-0.15, -0.1) is 0 Å². The third-order valence-corrected chi connectivity index (χ3v) is 3.76. The maximum Gasteiger partial charge on any atom is 0.304 e. The fraction of sp³-hybridized carbons (Fsp3) is 0.316. The van der Waals surface area contributed by atoms with Crippen molar-refractivity contribution in [3.63, 3.8) is 0 Å². The van der Waals surface area contributed by atoms with Gasteiger partial charge in [0.15, 0.2) is 11.5 Å². The summed E-state index contributed by atoms with van der Waals surface area (Å²) >= 11 is 0. The molecule has 6 heteroatoms. The zero-order chi connectivity index (χ0) is 18.2. The Bertz CT molecular complexity index is 720. The van der Waals surface area contributed by atoms with Crippen LogP contribution in [0.5, 0.6) is 11.5 Å². The standard InChI is InChI=1S/C19H22FNO4/c1-21(11-10-18(22)23)12-14-7-5-9-17(24-2)19(14)25-13-15-6-3-4-8-16(15)20/h3-9H,10-13H2,1-2H3,(H,22,23). The van der Waals surface area contributed by atoms with E-state index in [1.165, 1.54) is 6.07 Å². The van der Waals surface area contributed by atoms with Crippen LogP contribution in [-0.4, -0.2) is 36.7 Å². The number of hydrogen-bond acceptors (Lipinski definition) is 4. The highest BCUT2D eigenvalue weighted by molar-refractivity contribution is 5.66. The van der Waals surface area contributed by atoms with E-state index in [1.54, 1.807) is 31.4 Å². The minimum Gasteiger partial charge on any atom is -0.493 e. The van der Waals surface area contributed by atoms with Crippen molar-refractivity contribution in [1.29, 1.82) is 0 Å². The number of carboxylic acid groups (broad SMARTS) is 1. The molecule has 2 aromatic carbocycles. The first-order chi connectivity index (χ1) is 12.0. The molecule has 0 aliphatic rings. The second kappa shape index (κ2) is 9.03. The fourth-order valence-electron chi connectivity index (χ4n) is 2.43. The van der Waals surface area contributed by atoms with Gasteiger partial charge in [-0.05, 0) is 19.2 Å². The third kappa shape index (κ3) is 5.46. The van der Waals surface area contributed by atoms with E-state index in [2.05, 4.69) is 0 Å². The average Bonchev–Trinajstić information content (AvgIpc) is 2.60. The Morgan fingerprint density at radius 1 is 1.16 bits per heavy atom. The van der Waals surface area contributed by atoms with Gasteiger partial charge >= 0.3 is 5.97 Å². The van der Waals surface area contributed by atoms with Crippen LogP contribution in [0.2, 0.25) is 0 Å². The molecule has 0 aromatic heterocycles. The lowest BCUT2D eigenvalue weighted by atomic mass is 10.1. The quantitative estimate of drug-likeness (QED) is 0.754. The summed E-state index contributed by atoms with van der Waals surface area (Å²) in [5, 5.41) is 8.79. The molecule has 0 amide bonds. The molecule has 0 unspecified atom stereocenters. The molecule has 0 radical (unpaired) electrons. The highest BCUT2D eigenvalue weighted by Gasteiger charge is 2.14. The van der Waals surface area contributed by atoms with Crippen LogP contribution in [0.4, 0.5) is 4.39 Å². The maximum absolute atomic E-state index is 13.8. The second-order valence-electron chi connectivity index (χ2n) is 5.71. The topological polar surface area (TPSA) is 59.0 Å². The first kappa shape index (κ1) is 18.7. The van der Waals surface area contributed by atoms with Crippen LogP contribution in [0.25, 0.3) is 0 Å². The lowest BCUT2D eigenvalue weighted by Gasteiger charge is -2.20. The number of para-hydroxylation sites is 1. The van der Waals surface area contributed by atoms with Crippen molar-refractivity contribution in [2.75, 3.05) is 20.7 Å². The summed E-state index contributed by atoms with van der Waals surface area (Å²) in [6.07, 6.45) is 0.0614. The molecular formula is C19H22FNO4. The number of benzene rings is 2. The van der Waals surface area contributed by atoms with Crippen LogP contribution >= 0.6 is 0 Å². The summed E-state index contributed by atoms with van der Waals surface area (Å²) in [6.45, 7) is 0.995. The Balaban J connectivity index is 2.14. The molecule has 2 rings (SSSR count). The average molecular weight is 347 g/mol. The Labute approximate surface area is 146 Å². The molecule has 0 heterocycles. The van der Waals surface area contributed by atoms with Crippen LogP contribution in [0, 0.1) is 5.82 Å². The van der Waals surface area contributed by atoms with Gasteiger partial charge in [0.25, 0.3) is 0 Å².